The van der Waals surface area contributed by atoms with Crippen LogP contribution in [0.1, 0.15) is 122 Å². The Kier molecular flexibility index (Phi) is 22.1. The highest BCUT2D eigenvalue weighted by Crippen LogP contribution is 2.41. The van der Waals surface area contributed by atoms with Gasteiger partial charge in [0.05, 0.1) is 0 Å². The third kappa shape index (κ3) is 16.9. The Morgan fingerprint density at radius 3 is 1.87 bits per heavy atom. The van der Waals surface area contributed by atoms with Crippen LogP contribution in [-0.2, 0) is 6.42 Å². The lowest BCUT2D eigenvalue weighted by atomic mass is 10.0. The second-order valence-electron chi connectivity index (χ2n) is 11.2. The van der Waals surface area contributed by atoms with Gasteiger partial charge in [0.25, 0.3) is 0 Å². The average molecular weight is 535 g/mol. The van der Waals surface area contributed by atoms with E-state index in [1.165, 1.54) is 58.2 Å². The predicted molar refractivity (Wildman–Crippen MR) is 179 cm³/mol. The molecule has 220 valence electrons. The van der Waals surface area contributed by atoms with Gasteiger partial charge in [0.1, 0.15) is 11.9 Å². The molecule has 0 amide bonds. The van der Waals surface area contributed by atoms with Crippen molar-refractivity contribution in [3.8, 4) is 5.75 Å². The number of aryl methyl sites for hydroxylation is 3. The number of benzene rings is 2. The molecule has 0 saturated carbocycles. The van der Waals surface area contributed by atoms with Crippen LogP contribution in [0.25, 0.3) is 0 Å². The van der Waals surface area contributed by atoms with Crippen molar-refractivity contribution < 1.29 is 4.74 Å². The topological polar surface area (TPSA) is 9.23 Å². The van der Waals surface area contributed by atoms with E-state index in [1.54, 1.807) is 0 Å². The zero-order valence-corrected chi connectivity index (χ0v) is 27.8. The van der Waals surface area contributed by atoms with Gasteiger partial charge in [-0.05, 0) is 96.0 Å². The summed E-state index contributed by atoms with van der Waals surface area (Å²) in [6.45, 7) is 35.6. The Morgan fingerprint density at radius 2 is 1.49 bits per heavy atom. The van der Waals surface area contributed by atoms with E-state index >= 15 is 0 Å². The molecule has 0 aliphatic heterocycles. The number of ether oxygens (including phenoxy) is 1. The van der Waals surface area contributed by atoms with Crippen molar-refractivity contribution in [2.45, 2.75) is 121 Å². The molecule has 1 aliphatic carbocycles. The highest BCUT2D eigenvalue weighted by molar-refractivity contribution is 5.44. The predicted octanol–water partition coefficient (Wildman–Crippen LogP) is 12.5. The highest BCUT2D eigenvalue weighted by atomic mass is 16.5. The van der Waals surface area contributed by atoms with E-state index in [2.05, 4.69) is 131 Å². The van der Waals surface area contributed by atoms with Gasteiger partial charge in [0.15, 0.2) is 0 Å². The molecule has 0 N–H and O–H groups in total. The normalized spacial score (nSPS) is 15.2. The number of rotatable bonds is 6. The first kappa shape index (κ1) is 38.6. The summed E-state index contributed by atoms with van der Waals surface area (Å²) in [6, 6.07) is 12.9. The van der Waals surface area contributed by atoms with Crippen molar-refractivity contribution >= 4 is 0 Å². The van der Waals surface area contributed by atoms with Crippen LogP contribution in [0.3, 0.4) is 0 Å². The largest absolute Gasteiger partial charge is 0.485 e. The van der Waals surface area contributed by atoms with Crippen LogP contribution in [0.5, 0.6) is 5.75 Å². The number of hydrogen-bond acceptors (Lipinski definition) is 1. The zero-order valence-electron chi connectivity index (χ0n) is 27.8. The van der Waals surface area contributed by atoms with E-state index in [-0.39, 0.29) is 6.10 Å². The van der Waals surface area contributed by atoms with E-state index in [1.807, 2.05) is 13.8 Å². The molecular weight excluding hydrogens is 472 g/mol. The lowest BCUT2D eigenvalue weighted by Gasteiger charge is -2.20. The van der Waals surface area contributed by atoms with Crippen molar-refractivity contribution in [2.24, 2.45) is 11.8 Å². The lowest BCUT2D eigenvalue weighted by molar-refractivity contribution is 0.159. The van der Waals surface area contributed by atoms with Gasteiger partial charge >= 0.3 is 0 Å². The van der Waals surface area contributed by atoms with Gasteiger partial charge in [-0.1, -0.05) is 106 Å². The maximum Gasteiger partial charge on any atom is 0.127 e. The van der Waals surface area contributed by atoms with E-state index in [9.17, 15) is 0 Å². The van der Waals surface area contributed by atoms with Crippen LogP contribution in [-0.4, -0.2) is 0 Å². The Morgan fingerprint density at radius 1 is 0.974 bits per heavy atom. The van der Waals surface area contributed by atoms with E-state index in [0.717, 1.165) is 24.5 Å². The molecule has 2 aromatic rings. The maximum atomic E-state index is 6.28. The second-order valence-corrected chi connectivity index (χ2v) is 11.2. The minimum absolute atomic E-state index is 0.186. The molecule has 2 unspecified atom stereocenters. The average Bonchev–Trinajstić information content (AvgIpc) is 3.22. The summed E-state index contributed by atoms with van der Waals surface area (Å²) in [5.41, 5.74) is 9.50. The first-order chi connectivity index (χ1) is 18.4. The summed E-state index contributed by atoms with van der Waals surface area (Å²) in [6.07, 6.45) is 8.59. The zero-order chi connectivity index (χ0) is 30.5. The fourth-order valence-corrected chi connectivity index (χ4v) is 3.94. The number of hydrogen-bond donors (Lipinski definition) is 0. The SMILES string of the molecule is C=C.C=C(C)CC.CC=C(C)C.CCCC(C)CC.Cc1ccc(O[C@H]2c3cc(C)cc(C)c3CC2C)cc1. The molecule has 1 nitrogen and oxygen atoms in total. The Balaban J connectivity index is 0. The van der Waals surface area contributed by atoms with Gasteiger partial charge in [0, 0.05) is 5.92 Å². The van der Waals surface area contributed by atoms with Crippen molar-refractivity contribution in [2.75, 3.05) is 0 Å². The molecule has 0 fully saturated rings. The molecule has 0 heterocycles. The summed E-state index contributed by atoms with van der Waals surface area (Å²) >= 11 is 0. The van der Waals surface area contributed by atoms with Crippen LogP contribution in [0.2, 0.25) is 0 Å². The highest BCUT2D eigenvalue weighted by Gasteiger charge is 2.32. The molecule has 0 radical (unpaired) electrons. The van der Waals surface area contributed by atoms with Gasteiger partial charge in [0.2, 0.25) is 0 Å². The summed E-state index contributed by atoms with van der Waals surface area (Å²) < 4.78 is 6.28. The fourth-order valence-electron chi connectivity index (χ4n) is 3.94. The maximum absolute atomic E-state index is 6.28. The molecule has 2 aromatic carbocycles. The van der Waals surface area contributed by atoms with Crippen molar-refractivity contribution in [3.05, 3.63) is 101 Å². The third-order valence-corrected chi connectivity index (χ3v) is 6.94. The third-order valence-electron chi connectivity index (χ3n) is 6.94. The van der Waals surface area contributed by atoms with Gasteiger partial charge in [-0.2, -0.15) is 0 Å². The Bertz CT molecular complexity index is 943. The van der Waals surface area contributed by atoms with Gasteiger partial charge < -0.3 is 4.74 Å². The van der Waals surface area contributed by atoms with E-state index < -0.39 is 0 Å². The monoisotopic (exact) mass is 534 g/mol. The molecule has 0 spiro atoms. The van der Waals surface area contributed by atoms with Crippen LogP contribution < -0.4 is 4.74 Å². The van der Waals surface area contributed by atoms with Crippen LogP contribution in [0, 0.1) is 32.6 Å². The van der Waals surface area contributed by atoms with Crippen molar-refractivity contribution in [1.82, 2.24) is 0 Å². The molecule has 1 aliphatic rings. The first-order valence-electron chi connectivity index (χ1n) is 15.0. The van der Waals surface area contributed by atoms with Crippen molar-refractivity contribution in [1.29, 1.82) is 0 Å². The van der Waals surface area contributed by atoms with Gasteiger partial charge in [-0.15, -0.1) is 19.7 Å². The molecule has 0 bridgehead atoms. The number of allylic oxidation sites excluding steroid dienone is 3. The molecule has 39 heavy (non-hydrogen) atoms. The molecule has 3 rings (SSSR count). The van der Waals surface area contributed by atoms with Crippen LogP contribution >= 0.6 is 0 Å². The molecule has 0 aromatic heterocycles. The molecule has 1 heteroatoms. The first-order valence-corrected chi connectivity index (χ1v) is 15.0. The molecule has 3 atom stereocenters. The molecule has 0 saturated heterocycles. The summed E-state index contributed by atoms with van der Waals surface area (Å²) in [7, 11) is 0. The van der Waals surface area contributed by atoms with E-state index in [4.69, 9.17) is 4.74 Å². The number of fused-ring (bicyclic) bond motifs is 1. The van der Waals surface area contributed by atoms with Crippen molar-refractivity contribution in [3.63, 3.8) is 0 Å². The minimum atomic E-state index is 0.186. The lowest BCUT2D eigenvalue weighted by Crippen LogP contribution is -2.11. The van der Waals surface area contributed by atoms with E-state index in [0.29, 0.717) is 5.92 Å². The van der Waals surface area contributed by atoms with Gasteiger partial charge in [-0.3, -0.25) is 0 Å². The van der Waals surface area contributed by atoms with Crippen LogP contribution in [0.4, 0.5) is 0 Å². The minimum Gasteiger partial charge on any atom is -0.485 e. The second kappa shape index (κ2) is 22.3. The standard InChI is InChI=1S/C19H22O.C7H16.2C5H10.C2H4/c1-12-5-7-16(8-6-12)20-19-15(4)11-17-14(3)9-13(2)10-18(17)19;1-4-6-7(3)5-2;2*1-4-5(2)3;1-2/h5-10,15,19H,11H2,1-4H3;7H,4-6H2,1-3H3;4H,1-3H3;2,4H2,1,3H3;1-2H2/t15?,19-;;;;/m1..../s1. The Hall–Kier alpha value is -2.54. The summed E-state index contributed by atoms with van der Waals surface area (Å²) in [4.78, 5) is 0. The fraction of sp³-hybridized carbons (Fsp3) is 0.526. The smallest absolute Gasteiger partial charge is 0.127 e. The summed E-state index contributed by atoms with van der Waals surface area (Å²) in [5, 5.41) is 0. The van der Waals surface area contributed by atoms with Crippen LogP contribution in [0.15, 0.2) is 73.4 Å². The molecular formula is C38H62O. The summed E-state index contributed by atoms with van der Waals surface area (Å²) in [5.74, 6) is 2.45. The quantitative estimate of drug-likeness (QED) is 0.335. The Labute approximate surface area is 244 Å². The van der Waals surface area contributed by atoms with Gasteiger partial charge in [-0.25, -0.2) is 0 Å².